The Labute approximate surface area is 152 Å². The molecule has 2 aliphatic rings. The summed E-state index contributed by atoms with van der Waals surface area (Å²) < 4.78 is 1.65. The van der Waals surface area contributed by atoms with E-state index in [-0.39, 0.29) is 11.7 Å². The fourth-order valence-corrected chi connectivity index (χ4v) is 4.00. The van der Waals surface area contributed by atoms with E-state index in [1.807, 2.05) is 18.2 Å². The lowest BCUT2D eigenvalue weighted by Gasteiger charge is -2.11. The van der Waals surface area contributed by atoms with Crippen LogP contribution in [0.2, 0.25) is 0 Å². The molecule has 132 valence electrons. The molecule has 0 atom stereocenters. The van der Waals surface area contributed by atoms with Gasteiger partial charge in [-0.3, -0.25) is 19.3 Å². The van der Waals surface area contributed by atoms with Gasteiger partial charge in [-0.05, 0) is 37.8 Å². The number of nitrogens with zero attached hydrogens (tertiary/aromatic N) is 4. The number of fused-ring (bicyclic) bond motifs is 1. The lowest BCUT2D eigenvalue weighted by atomic mass is 10.3. The van der Waals surface area contributed by atoms with E-state index >= 15 is 0 Å². The summed E-state index contributed by atoms with van der Waals surface area (Å²) in [6.07, 6.45) is 5.76. The Kier molecular flexibility index (Phi) is 3.66. The zero-order valence-electron chi connectivity index (χ0n) is 14.0. The molecule has 0 aliphatic heterocycles. The highest BCUT2D eigenvalue weighted by Gasteiger charge is 2.32. The van der Waals surface area contributed by atoms with Gasteiger partial charge in [0.25, 0.3) is 5.56 Å². The van der Waals surface area contributed by atoms with Gasteiger partial charge >= 0.3 is 5.69 Å². The number of aromatic nitrogens is 5. The Bertz CT molecular complexity index is 1100. The molecule has 0 unspecified atom stereocenters. The van der Waals surface area contributed by atoms with E-state index in [1.165, 1.54) is 11.8 Å². The van der Waals surface area contributed by atoms with Crippen molar-refractivity contribution in [3.05, 3.63) is 56.8 Å². The first kappa shape index (κ1) is 15.7. The first-order valence-corrected chi connectivity index (χ1v) is 9.78. The molecule has 0 aromatic carbocycles. The minimum atomic E-state index is -0.409. The van der Waals surface area contributed by atoms with Crippen LogP contribution in [0.25, 0.3) is 11.0 Å². The molecule has 26 heavy (non-hydrogen) atoms. The summed E-state index contributed by atoms with van der Waals surface area (Å²) in [7, 11) is 0. The summed E-state index contributed by atoms with van der Waals surface area (Å²) in [5.74, 6) is 1.70. The summed E-state index contributed by atoms with van der Waals surface area (Å²) in [4.78, 5) is 41.0. The quantitative estimate of drug-likeness (QED) is 0.550. The number of thioether (sulfide) groups is 1. The maximum Gasteiger partial charge on any atom is 0.330 e. The Morgan fingerprint density at radius 2 is 2.00 bits per heavy atom. The van der Waals surface area contributed by atoms with Gasteiger partial charge in [-0.2, -0.15) is 0 Å². The van der Waals surface area contributed by atoms with Crippen LogP contribution in [0.1, 0.15) is 49.2 Å². The van der Waals surface area contributed by atoms with Crippen molar-refractivity contribution < 1.29 is 0 Å². The third-order valence-corrected chi connectivity index (χ3v) is 5.71. The van der Waals surface area contributed by atoms with Crippen LogP contribution in [0.5, 0.6) is 0 Å². The smallest absolute Gasteiger partial charge is 0.274 e. The van der Waals surface area contributed by atoms with Crippen LogP contribution in [0.15, 0.2) is 39.0 Å². The molecule has 8 heteroatoms. The predicted octanol–water partition coefficient (Wildman–Crippen LogP) is 2.38. The normalized spacial score (nSPS) is 16.9. The van der Waals surface area contributed by atoms with Gasteiger partial charge in [0, 0.05) is 23.9 Å². The maximum atomic E-state index is 12.5. The Morgan fingerprint density at radius 3 is 2.69 bits per heavy atom. The van der Waals surface area contributed by atoms with E-state index in [9.17, 15) is 9.59 Å². The largest absolute Gasteiger partial charge is 0.330 e. The second-order valence-electron chi connectivity index (χ2n) is 6.83. The summed E-state index contributed by atoms with van der Waals surface area (Å²) in [6.45, 7) is 0. The van der Waals surface area contributed by atoms with E-state index in [2.05, 4.69) is 19.9 Å². The molecule has 2 fully saturated rings. The average molecular weight is 367 g/mol. The highest BCUT2D eigenvalue weighted by Crippen LogP contribution is 2.41. The topological polar surface area (TPSA) is 93.5 Å². The Morgan fingerprint density at radius 1 is 1.15 bits per heavy atom. The second kappa shape index (κ2) is 6.05. The number of hydrogen-bond acceptors (Lipinski definition) is 6. The molecule has 7 nitrogen and oxygen atoms in total. The molecule has 3 aromatic rings. The first-order valence-electron chi connectivity index (χ1n) is 8.80. The van der Waals surface area contributed by atoms with E-state index in [0.717, 1.165) is 37.2 Å². The molecular formula is C18H17N5O2S. The standard InChI is InChI=1S/C18H17N5O2S/c24-16-13-15(23(12-6-7-12)18(25)22-16)20-14(10-4-5-10)21-17(13)26-9-11-3-1-2-8-19-11/h1-3,8,10,12H,4-7,9H2,(H,22,24,25). The molecule has 3 heterocycles. The third-order valence-electron chi connectivity index (χ3n) is 4.71. The number of hydrogen-bond donors (Lipinski definition) is 1. The summed E-state index contributed by atoms with van der Waals surface area (Å²) in [5, 5.41) is 1.06. The monoisotopic (exact) mass is 367 g/mol. The number of aromatic amines is 1. The van der Waals surface area contributed by atoms with Crippen LogP contribution in [0.4, 0.5) is 0 Å². The SMILES string of the molecule is O=c1[nH]c(=O)n(C2CC2)c2nc(C3CC3)nc(SCc3ccccn3)c12. The lowest BCUT2D eigenvalue weighted by molar-refractivity contribution is 0.691. The number of pyridine rings is 1. The van der Waals surface area contributed by atoms with Gasteiger partial charge < -0.3 is 0 Å². The first-order chi connectivity index (χ1) is 12.7. The lowest BCUT2D eigenvalue weighted by Crippen LogP contribution is -2.31. The average Bonchev–Trinajstić information content (AvgIpc) is 3.53. The van der Waals surface area contributed by atoms with Crippen molar-refractivity contribution in [2.75, 3.05) is 0 Å². The van der Waals surface area contributed by atoms with Crippen molar-refractivity contribution in [1.82, 2.24) is 24.5 Å². The zero-order chi connectivity index (χ0) is 17.7. The Balaban J connectivity index is 1.67. The zero-order valence-corrected chi connectivity index (χ0v) is 14.8. The van der Waals surface area contributed by atoms with Crippen LogP contribution in [-0.2, 0) is 5.75 Å². The molecule has 0 amide bonds. The van der Waals surface area contributed by atoms with Crippen LogP contribution in [0, 0.1) is 0 Å². The molecule has 1 N–H and O–H groups in total. The van der Waals surface area contributed by atoms with E-state index in [1.54, 1.807) is 10.8 Å². The van der Waals surface area contributed by atoms with Crippen LogP contribution >= 0.6 is 11.8 Å². The van der Waals surface area contributed by atoms with Gasteiger partial charge in [0.1, 0.15) is 16.2 Å². The predicted molar refractivity (Wildman–Crippen MR) is 98.5 cm³/mol. The molecule has 0 spiro atoms. The van der Waals surface area contributed by atoms with Crippen molar-refractivity contribution in [3.63, 3.8) is 0 Å². The molecule has 0 saturated heterocycles. The fourth-order valence-electron chi connectivity index (χ4n) is 3.06. The van der Waals surface area contributed by atoms with Crippen molar-refractivity contribution in [3.8, 4) is 0 Å². The van der Waals surface area contributed by atoms with Crippen molar-refractivity contribution in [1.29, 1.82) is 0 Å². The molecule has 0 radical (unpaired) electrons. The van der Waals surface area contributed by atoms with Crippen LogP contribution in [0.3, 0.4) is 0 Å². The summed E-state index contributed by atoms with van der Waals surface area (Å²) in [5.41, 5.74) is 0.629. The number of H-pyrrole nitrogens is 1. The van der Waals surface area contributed by atoms with Crippen molar-refractivity contribution >= 4 is 22.8 Å². The Hall–Kier alpha value is -2.48. The van der Waals surface area contributed by atoms with Gasteiger partial charge in [-0.1, -0.05) is 17.8 Å². The van der Waals surface area contributed by atoms with E-state index in [0.29, 0.717) is 27.7 Å². The highest BCUT2D eigenvalue weighted by atomic mass is 32.2. The third kappa shape index (κ3) is 2.84. The number of nitrogens with one attached hydrogen (secondary N) is 1. The van der Waals surface area contributed by atoms with Gasteiger partial charge in [0.05, 0.1) is 5.69 Å². The highest BCUT2D eigenvalue weighted by molar-refractivity contribution is 7.98. The van der Waals surface area contributed by atoms with Crippen molar-refractivity contribution in [2.24, 2.45) is 0 Å². The second-order valence-corrected chi connectivity index (χ2v) is 7.79. The van der Waals surface area contributed by atoms with E-state index in [4.69, 9.17) is 0 Å². The van der Waals surface area contributed by atoms with Gasteiger partial charge in [-0.25, -0.2) is 14.8 Å². The maximum absolute atomic E-state index is 12.5. The van der Waals surface area contributed by atoms with Crippen LogP contribution < -0.4 is 11.2 Å². The van der Waals surface area contributed by atoms with Crippen LogP contribution in [-0.4, -0.2) is 24.5 Å². The van der Waals surface area contributed by atoms with Gasteiger partial charge in [0.2, 0.25) is 0 Å². The van der Waals surface area contributed by atoms with Crippen molar-refractivity contribution in [2.45, 2.75) is 48.4 Å². The van der Waals surface area contributed by atoms with E-state index < -0.39 is 5.56 Å². The number of rotatable bonds is 5. The molecule has 0 bridgehead atoms. The molecule has 5 rings (SSSR count). The van der Waals surface area contributed by atoms with Gasteiger partial charge in [-0.15, -0.1) is 0 Å². The summed E-state index contributed by atoms with van der Waals surface area (Å²) >= 11 is 1.47. The summed E-state index contributed by atoms with van der Waals surface area (Å²) in [6, 6.07) is 5.90. The molecule has 3 aromatic heterocycles. The minimum absolute atomic E-state index is 0.137. The van der Waals surface area contributed by atoms with Gasteiger partial charge in [0.15, 0.2) is 5.65 Å². The molecule has 2 aliphatic carbocycles. The molecular weight excluding hydrogens is 350 g/mol. The molecule has 2 saturated carbocycles. The minimum Gasteiger partial charge on any atom is -0.274 e. The fraction of sp³-hybridized carbons (Fsp3) is 0.389.